The van der Waals surface area contributed by atoms with E-state index in [1.54, 1.807) is 27.8 Å². The zero-order valence-corrected chi connectivity index (χ0v) is 21.7. The number of hydrogen-bond donors (Lipinski definition) is 0. The highest BCUT2D eigenvalue weighted by atomic mass is 32.2. The van der Waals surface area contributed by atoms with Crippen LogP contribution >= 0.6 is 11.3 Å². The fourth-order valence-electron chi connectivity index (χ4n) is 4.80. The fraction of sp³-hybridized carbons (Fsp3) is 0.520. The van der Waals surface area contributed by atoms with Gasteiger partial charge in [0.25, 0.3) is 0 Å². The fourth-order valence-corrected chi connectivity index (χ4v) is 7.54. The topological polar surface area (TPSA) is 65.3 Å². The molecule has 1 fully saturated rings. The van der Waals surface area contributed by atoms with Gasteiger partial charge in [-0.1, -0.05) is 32.9 Å². The zero-order chi connectivity index (χ0) is 23.8. The first kappa shape index (κ1) is 24.1. The van der Waals surface area contributed by atoms with Crippen molar-refractivity contribution in [3.63, 3.8) is 0 Å². The summed E-state index contributed by atoms with van der Waals surface area (Å²) >= 11 is 1.74. The van der Waals surface area contributed by atoms with Gasteiger partial charge in [-0.2, -0.15) is 4.31 Å². The first-order valence-electron chi connectivity index (χ1n) is 11.7. The van der Waals surface area contributed by atoms with Crippen LogP contribution in [-0.2, 0) is 22.9 Å². The van der Waals surface area contributed by atoms with Crippen LogP contribution in [0.2, 0.25) is 0 Å². The van der Waals surface area contributed by atoms with Crippen LogP contribution in [0.5, 0.6) is 0 Å². The van der Waals surface area contributed by atoms with E-state index in [1.165, 1.54) is 16.9 Å². The molecule has 1 saturated heterocycles. The quantitative estimate of drug-likeness (QED) is 0.454. The molecule has 1 aromatic carbocycles. The molecule has 8 heteroatoms. The smallest absolute Gasteiger partial charge is 0.243 e. The summed E-state index contributed by atoms with van der Waals surface area (Å²) in [6, 6.07) is 7.30. The van der Waals surface area contributed by atoms with Crippen molar-refractivity contribution in [2.75, 3.05) is 33.2 Å². The summed E-state index contributed by atoms with van der Waals surface area (Å²) in [7, 11) is -1.69. The molecular formula is C25H34N4O2S2. The van der Waals surface area contributed by atoms with E-state index in [0.717, 1.165) is 34.8 Å². The lowest BCUT2D eigenvalue weighted by Crippen LogP contribution is -2.50. The number of amidine groups is 1. The number of fused-ring (bicyclic) bond motifs is 1. The maximum absolute atomic E-state index is 13.2. The number of nitrogens with zero attached hydrogens (tertiary/aromatic N) is 4. The summed E-state index contributed by atoms with van der Waals surface area (Å²) in [5.74, 6) is 1.98. The highest BCUT2D eigenvalue weighted by molar-refractivity contribution is 7.89. The van der Waals surface area contributed by atoms with E-state index in [0.29, 0.717) is 42.9 Å². The van der Waals surface area contributed by atoms with Crippen molar-refractivity contribution in [3.8, 4) is 0 Å². The number of hydrogen-bond acceptors (Lipinski definition) is 5. The van der Waals surface area contributed by atoms with Crippen molar-refractivity contribution in [1.82, 2.24) is 9.21 Å². The number of rotatable bonds is 5. The van der Waals surface area contributed by atoms with Crippen LogP contribution in [0, 0.1) is 5.92 Å². The number of benzene rings is 1. The Hall–Kier alpha value is -2.03. The number of sulfonamides is 1. The number of aliphatic imine (C=N–C) groups is 2. The largest absolute Gasteiger partial charge is 0.354 e. The molecule has 1 aromatic heterocycles. The molecule has 4 rings (SSSR count). The van der Waals surface area contributed by atoms with E-state index in [2.05, 4.69) is 42.4 Å². The highest BCUT2D eigenvalue weighted by Gasteiger charge is 2.33. The number of piperazine rings is 1. The minimum atomic E-state index is -3.51. The van der Waals surface area contributed by atoms with Crippen LogP contribution in [0.1, 0.15) is 54.7 Å². The summed E-state index contributed by atoms with van der Waals surface area (Å²) in [6.07, 6.45) is 3.30. The first-order chi connectivity index (χ1) is 15.8. The van der Waals surface area contributed by atoms with E-state index in [-0.39, 0.29) is 0 Å². The van der Waals surface area contributed by atoms with E-state index >= 15 is 0 Å². The predicted octanol–water partition coefficient (Wildman–Crippen LogP) is 4.71. The van der Waals surface area contributed by atoms with Gasteiger partial charge in [0.2, 0.25) is 10.0 Å². The van der Waals surface area contributed by atoms with Crippen LogP contribution in [0.15, 0.2) is 39.1 Å². The average molecular weight is 487 g/mol. The highest BCUT2D eigenvalue weighted by Crippen LogP contribution is 2.42. The predicted molar refractivity (Wildman–Crippen MR) is 138 cm³/mol. The summed E-state index contributed by atoms with van der Waals surface area (Å²) in [5, 5.41) is 0.940. The number of thiophene rings is 1. The molecule has 0 spiro atoms. The lowest BCUT2D eigenvalue weighted by molar-refractivity contribution is 0.266. The van der Waals surface area contributed by atoms with Gasteiger partial charge in [-0.25, -0.2) is 8.42 Å². The van der Waals surface area contributed by atoms with E-state index in [9.17, 15) is 8.42 Å². The normalized spacial score (nSPS) is 20.2. The molecule has 6 nitrogen and oxygen atoms in total. The lowest BCUT2D eigenvalue weighted by Gasteiger charge is -2.36. The van der Waals surface area contributed by atoms with Gasteiger partial charge in [0.05, 0.1) is 10.5 Å². The van der Waals surface area contributed by atoms with Gasteiger partial charge in [-0.3, -0.25) is 9.98 Å². The third-order valence-electron chi connectivity index (χ3n) is 6.79. The van der Waals surface area contributed by atoms with Gasteiger partial charge in [0.15, 0.2) is 0 Å². The van der Waals surface area contributed by atoms with Crippen LogP contribution in [0.3, 0.4) is 0 Å². The molecular weight excluding hydrogens is 452 g/mol. The van der Waals surface area contributed by atoms with Crippen LogP contribution in [0.25, 0.3) is 0 Å². The molecule has 2 aliphatic rings. The standard InChI is InChI=1S/C25H34N4O2S2/c1-17(2)19-7-9-20(10-8-19)33(30,31)29-14-12-28(13-15-29)24(26-4)23-21-11-6-18(3)16-22(21)32-25(23)27-5/h7-10,17-18H,5-6,11-16H2,1-4H3. The molecule has 1 atom stereocenters. The van der Waals surface area contributed by atoms with Gasteiger partial charge >= 0.3 is 0 Å². The van der Waals surface area contributed by atoms with Gasteiger partial charge < -0.3 is 4.90 Å². The molecule has 0 saturated carbocycles. The molecule has 2 heterocycles. The van der Waals surface area contributed by atoms with E-state index in [4.69, 9.17) is 0 Å². The second-order valence-corrected chi connectivity index (χ2v) is 12.4. The Kier molecular flexibility index (Phi) is 7.07. The maximum Gasteiger partial charge on any atom is 0.243 e. The summed E-state index contributed by atoms with van der Waals surface area (Å²) < 4.78 is 28.0. The van der Waals surface area contributed by atoms with Crippen molar-refractivity contribution in [2.24, 2.45) is 15.9 Å². The average Bonchev–Trinajstić information content (AvgIpc) is 3.17. The molecule has 0 bridgehead atoms. The van der Waals surface area contributed by atoms with Crippen LogP contribution in [-0.4, -0.2) is 63.4 Å². The Morgan fingerprint density at radius 3 is 2.39 bits per heavy atom. The van der Waals surface area contributed by atoms with Gasteiger partial charge in [-0.15, -0.1) is 11.3 Å². The molecule has 2 aromatic rings. The summed E-state index contributed by atoms with van der Waals surface area (Å²) in [6.45, 7) is 12.4. The minimum absolute atomic E-state index is 0.365. The Balaban J connectivity index is 1.52. The van der Waals surface area contributed by atoms with E-state index < -0.39 is 10.0 Å². The molecule has 1 unspecified atom stereocenters. The monoisotopic (exact) mass is 486 g/mol. The third-order valence-corrected chi connectivity index (χ3v) is 9.89. The lowest BCUT2D eigenvalue weighted by atomic mass is 9.88. The Morgan fingerprint density at radius 1 is 1.15 bits per heavy atom. The maximum atomic E-state index is 13.2. The van der Waals surface area contributed by atoms with Crippen molar-refractivity contribution in [2.45, 2.75) is 50.8 Å². The van der Waals surface area contributed by atoms with Crippen LogP contribution < -0.4 is 0 Å². The first-order valence-corrected chi connectivity index (χ1v) is 13.9. The zero-order valence-electron chi connectivity index (χ0n) is 20.0. The Labute approximate surface area is 202 Å². The Bertz CT molecular complexity index is 1140. The molecule has 0 amide bonds. The molecule has 1 aliphatic heterocycles. The summed E-state index contributed by atoms with van der Waals surface area (Å²) in [4.78, 5) is 13.0. The second kappa shape index (κ2) is 9.68. The van der Waals surface area contributed by atoms with Crippen molar-refractivity contribution < 1.29 is 8.42 Å². The Morgan fingerprint density at radius 2 is 1.82 bits per heavy atom. The van der Waals surface area contributed by atoms with E-state index in [1.807, 2.05) is 19.2 Å². The SMILES string of the molecule is C=Nc1sc2c(c1C(=NC)N1CCN(S(=O)(=O)c3ccc(C(C)C)cc3)CC1)CCC(C)C2. The van der Waals surface area contributed by atoms with Crippen molar-refractivity contribution in [3.05, 3.63) is 45.8 Å². The molecule has 33 heavy (non-hydrogen) atoms. The van der Waals surface area contributed by atoms with Crippen LogP contribution in [0.4, 0.5) is 5.00 Å². The van der Waals surface area contributed by atoms with Crippen molar-refractivity contribution >= 4 is 38.9 Å². The molecule has 1 aliphatic carbocycles. The van der Waals surface area contributed by atoms with Gasteiger partial charge in [-0.05, 0) is 61.1 Å². The van der Waals surface area contributed by atoms with Gasteiger partial charge in [0, 0.05) is 38.1 Å². The third kappa shape index (κ3) is 4.66. The minimum Gasteiger partial charge on any atom is -0.354 e. The molecule has 0 N–H and O–H groups in total. The summed E-state index contributed by atoms with van der Waals surface area (Å²) in [5.41, 5.74) is 3.61. The molecule has 0 radical (unpaired) electrons. The van der Waals surface area contributed by atoms with Crippen molar-refractivity contribution in [1.29, 1.82) is 0 Å². The second-order valence-electron chi connectivity index (χ2n) is 9.35. The molecule has 178 valence electrons. The van der Waals surface area contributed by atoms with Gasteiger partial charge in [0.1, 0.15) is 10.8 Å².